The van der Waals surface area contributed by atoms with Crippen LogP contribution in [-0.2, 0) is 10.0 Å². The van der Waals surface area contributed by atoms with Gasteiger partial charge in [0.1, 0.15) is 10.7 Å². The number of aryl methyl sites for hydroxylation is 2. The molecule has 2 rings (SSSR count). The van der Waals surface area contributed by atoms with E-state index in [1.54, 1.807) is 26.0 Å². The van der Waals surface area contributed by atoms with Gasteiger partial charge in [0.05, 0.1) is 11.4 Å². The van der Waals surface area contributed by atoms with Gasteiger partial charge in [-0.2, -0.15) is 0 Å². The molecule has 0 spiro atoms. The molecule has 0 unspecified atom stereocenters. The third-order valence-corrected chi connectivity index (χ3v) is 5.52. The van der Waals surface area contributed by atoms with Crippen molar-refractivity contribution in [2.45, 2.75) is 18.7 Å². The highest BCUT2D eigenvalue weighted by molar-refractivity contribution is 14.1. The molecule has 0 aliphatic rings. The Bertz CT molecular complexity index is 807. The Morgan fingerprint density at radius 3 is 2.38 bits per heavy atom. The van der Waals surface area contributed by atoms with Gasteiger partial charge in [0.2, 0.25) is 0 Å². The third kappa shape index (κ3) is 3.29. The fourth-order valence-electron chi connectivity index (χ4n) is 1.93. The van der Waals surface area contributed by atoms with Crippen LogP contribution in [0, 0.1) is 23.2 Å². The van der Waals surface area contributed by atoms with Crippen LogP contribution in [0.25, 0.3) is 0 Å². The number of nitrogens with two attached hydrogens (primary N) is 1. The van der Waals surface area contributed by atoms with Gasteiger partial charge in [-0.3, -0.25) is 4.72 Å². The molecule has 0 aliphatic carbocycles. The lowest BCUT2D eigenvalue weighted by atomic mass is 10.1. The summed E-state index contributed by atoms with van der Waals surface area (Å²) in [7, 11) is -3.83. The molecule has 0 heterocycles. The van der Waals surface area contributed by atoms with Crippen molar-refractivity contribution in [3.05, 3.63) is 50.8 Å². The molecule has 112 valence electrons. The average Bonchev–Trinajstić information content (AvgIpc) is 2.37. The summed E-state index contributed by atoms with van der Waals surface area (Å²) in [5.74, 6) is -0.423. The number of nitrogens with one attached hydrogen (secondary N) is 1. The van der Waals surface area contributed by atoms with Gasteiger partial charge in [-0.05, 0) is 65.8 Å². The number of hydrogen-bond acceptors (Lipinski definition) is 3. The number of sulfonamides is 1. The summed E-state index contributed by atoms with van der Waals surface area (Å²) >= 11 is 1.87. The molecule has 4 nitrogen and oxygen atoms in total. The van der Waals surface area contributed by atoms with Crippen molar-refractivity contribution in [2.24, 2.45) is 0 Å². The first-order chi connectivity index (χ1) is 9.72. The molecule has 0 amide bonds. The molecule has 2 aromatic carbocycles. The Morgan fingerprint density at radius 2 is 1.76 bits per heavy atom. The van der Waals surface area contributed by atoms with E-state index in [-0.39, 0.29) is 10.6 Å². The topological polar surface area (TPSA) is 72.2 Å². The van der Waals surface area contributed by atoms with Crippen molar-refractivity contribution >= 4 is 44.0 Å². The third-order valence-electron chi connectivity index (χ3n) is 3.06. The van der Waals surface area contributed by atoms with Crippen molar-refractivity contribution in [1.29, 1.82) is 0 Å². The van der Waals surface area contributed by atoms with E-state index in [0.717, 1.165) is 0 Å². The van der Waals surface area contributed by atoms with Gasteiger partial charge in [-0.1, -0.05) is 12.1 Å². The molecule has 0 radical (unpaired) electrons. The van der Waals surface area contributed by atoms with Crippen LogP contribution < -0.4 is 10.5 Å². The van der Waals surface area contributed by atoms with Gasteiger partial charge < -0.3 is 5.73 Å². The minimum absolute atomic E-state index is 0.0580. The molecule has 3 N–H and O–H groups in total. The maximum absolute atomic E-state index is 13.1. The zero-order chi connectivity index (χ0) is 15.8. The molecule has 7 heteroatoms. The molecule has 2 aromatic rings. The summed E-state index contributed by atoms with van der Waals surface area (Å²) in [6, 6.07) is 7.31. The fraction of sp³-hybridized carbons (Fsp3) is 0.143. The van der Waals surface area contributed by atoms with Crippen molar-refractivity contribution < 1.29 is 12.8 Å². The van der Waals surface area contributed by atoms with Gasteiger partial charge in [-0.25, -0.2) is 12.8 Å². The molecule has 21 heavy (non-hydrogen) atoms. The van der Waals surface area contributed by atoms with Gasteiger partial charge in [-0.15, -0.1) is 0 Å². The summed E-state index contributed by atoms with van der Waals surface area (Å²) in [6.07, 6.45) is 0. The number of nitrogen functional groups attached to an aromatic ring is 1. The van der Waals surface area contributed by atoms with E-state index >= 15 is 0 Å². The number of benzene rings is 2. The maximum atomic E-state index is 13.1. The van der Waals surface area contributed by atoms with Gasteiger partial charge >= 0.3 is 0 Å². The summed E-state index contributed by atoms with van der Waals surface area (Å²) in [5.41, 5.74) is 7.69. The first-order valence-corrected chi connectivity index (χ1v) is 8.62. The van der Waals surface area contributed by atoms with Crippen LogP contribution in [0.1, 0.15) is 11.1 Å². The summed E-state index contributed by atoms with van der Waals surface area (Å²) in [4.78, 5) is 0.0580. The fourth-order valence-corrected chi connectivity index (χ4v) is 4.24. The molecule has 0 saturated carbocycles. The first kappa shape index (κ1) is 16.0. The quantitative estimate of drug-likeness (QED) is 0.591. The highest BCUT2D eigenvalue weighted by atomic mass is 127. The van der Waals surface area contributed by atoms with Crippen LogP contribution >= 0.6 is 22.6 Å². The molecule has 0 bridgehead atoms. The lowest BCUT2D eigenvalue weighted by Gasteiger charge is -2.15. The van der Waals surface area contributed by atoms with Gasteiger partial charge in [0, 0.05) is 3.57 Å². The van der Waals surface area contributed by atoms with Crippen molar-refractivity contribution in [3.63, 3.8) is 0 Å². The first-order valence-electron chi connectivity index (χ1n) is 6.06. The highest BCUT2D eigenvalue weighted by Gasteiger charge is 2.22. The zero-order valence-corrected chi connectivity index (χ0v) is 14.4. The van der Waals surface area contributed by atoms with Gasteiger partial charge in [0.15, 0.2) is 0 Å². The van der Waals surface area contributed by atoms with Crippen LogP contribution in [0.3, 0.4) is 0 Å². The number of rotatable bonds is 3. The SMILES string of the molecule is Cc1ccc(C)c(S(=O)(=O)Nc2ccc(F)cc2I)c1N. The van der Waals surface area contributed by atoms with Crippen LogP contribution in [0.15, 0.2) is 35.2 Å². The number of hydrogen-bond donors (Lipinski definition) is 2. The van der Waals surface area contributed by atoms with E-state index in [4.69, 9.17) is 5.73 Å². The normalized spacial score (nSPS) is 11.4. The van der Waals surface area contributed by atoms with E-state index in [9.17, 15) is 12.8 Å². The zero-order valence-electron chi connectivity index (χ0n) is 11.4. The van der Waals surface area contributed by atoms with Crippen LogP contribution in [0.5, 0.6) is 0 Å². The second kappa shape index (κ2) is 5.80. The summed E-state index contributed by atoms with van der Waals surface area (Å²) in [5, 5.41) is 0. The minimum atomic E-state index is -3.83. The monoisotopic (exact) mass is 420 g/mol. The largest absolute Gasteiger partial charge is 0.397 e. The molecule has 0 fully saturated rings. The number of anilines is 2. The van der Waals surface area contributed by atoms with Crippen LogP contribution in [0.2, 0.25) is 0 Å². The van der Waals surface area contributed by atoms with E-state index in [1.807, 2.05) is 22.6 Å². The van der Waals surface area contributed by atoms with Crippen molar-refractivity contribution in [1.82, 2.24) is 0 Å². The smallest absolute Gasteiger partial charge is 0.264 e. The Kier molecular flexibility index (Phi) is 4.43. The van der Waals surface area contributed by atoms with E-state index in [2.05, 4.69) is 4.72 Å². The second-order valence-corrected chi connectivity index (χ2v) is 7.45. The predicted octanol–water partition coefficient (Wildman–Crippen LogP) is 3.43. The molecule has 0 aliphatic heterocycles. The Morgan fingerprint density at radius 1 is 1.14 bits per heavy atom. The van der Waals surface area contributed by atoms with Crippen molar-refractivity contribution in [3.8, 4) is 0 Å². The molecule has 0 saturated heterocycles. The molecular weight excluding hydrogens is 406 g/mol. The lowest BCUT2D eigenvalue weighted by Crippen LogP contribution is -2.17. The van der Waals surface area contributed by atoms with Crippen LogP contribution in [-0.4, -0.2) is 8.42 Å². The Balaban J connectivity index is 2.51. The lowest BCUT2D eigenvalue weighted by molar-refractivity contribution is 0.600. The Labute approximate surface area is 136 Å². The van der Waals surface area contributed by atoms with E-state index in [1.165, 1.54) is 18.2 Å². The minimum Gasteiger partial charge on any atom is -0.397 e. The highest BCUT2D eigenvalue weighted by Crippen LogP contribution is 2.29. The predicted molar refractivity (Wildman–Crippen MR) is 90.3 cm³/mol. The number of halogens is 2. The van der Waals surface area contributed by atoms with E-state index < -0.39 is 15.8 Å². The maximum Gasteiger partial charge on any atom is 0.264 e. The van der Waals surface area contributed by atoms with E-state index in [0.29, 0.717) is 20.4 Å². The molecular formula is C14H14FIN2O2S. The summed E-state index contributed by atoms with van der Waals surface area (Å²) in [6.45, 7) is 3.43. The Hall–Kier alpha value is -1.35. The van der Waals surface area contributed by atoms with Gasteiger partial charge in [0.25, 0.3) is 10.0 Å². The van der Waals surface area contributed by atoms with Crippen molar-refractivity contribution in [2.75, 3.05) is 10.5 Å². The average molecular weight is 420 g/mol. The molecule has 0 aromatic heterocycles. The molecule has 0 atom stereocenters. The standard InChI is InChI=1S/C14H14FIN2O2S/c1-8-3-4-9(2)14(13(8)17)21(19,20)18-12-6-5-10(15)7-11(12)16/h3-7,18H,17H2,1-2H3. The summed E-state index contributed by atoms with van der Waals surface area (Å²) < 4.78 is 41.1. The second-order valence-electron chi connectivity index (χ2n) is 4.67. The van der Waals surface area contributed by atoms with Crippen LogP contribution in [0.4, 0.5) is 15.8 Å².